The minimum atomic E-state index is -1.01. The smallest absolute Gasteiger partial charge is 0.408 e. The molecule has 10 heteroatoms. The number of piperidine rings is 3. The van der Waals surface area contributed by atoms with E-state index in [4.69, 9.17) is 9.47 Å². The minimum Gasteiger partial charge on any atom is -0.489 e. The third kappa shape index (κ3) is 6.81. The van der Waals surface area contributed by atoms with Crippen LogP contribution >= 0.6 is 11.8 Å². The molecule has 4 aliphatic rings. The topological polar surface area (TPSA) is 108 Å². The van der Waals surface area contributed by atoms with Crippen LogP contribution in [0.2, 0.25) is 0 Å². The van der Waals surface area contributed by atoms with Gasteiger partial charge in [0.2, 0.25) is 0 Å². The number of hydrogen-bond acceptors (Lipinski definition) is 7. The number of thioether (sulfide) groups is 1. The van der Waals surface area contributed by atoms with Gasteiger partial charge in [-0.25, -0.2) is 9.59 Å². The summed E-state index contributed by atoms with van der Waals surface area (Å²) in [6, 6.07) is 24.0. The van der Waals surface area contributed by atoms with Crippen LogP contribution in [0.3, 0.4) is 0 Å². The summed E-state index contributed by atoms with van der Waals surface area (Å²) in [5, 5.41) is 11.7. The van der Waals surface area contributed by atoms with Gasteiger partial charge in [0.15, 0.2) is 5.37 Å². The highest BCUT2D eigenvalue weighted by atomic mass is 32.2. The number of amides is 2. The van der Waals surface area contributed by atoms with Crippen molar-refractivity contribution in [2.75, 3.05) is 31.9 Å². The summed E-state index contributed by atoms with van der Waals surface area (Å²) in [4.78, 5) is 41.5. The largest absolute Gasteiger partial charge is 0.489 e. The monoisotopic (exact) mass is 601 g/mol. The number of nitrogens with zero attached hydrogens (tertiary/aromatic N) is 2. The van der Waals surface area contributed by atoms with Crippen LogP contribution in [-0.4, -0.2) is 76.3 Å². The highest BCUT2D eigenvalue weighted by molar-refractivity contribution is 8.00. The molecule has 4 aliphatic heterocycles. The second-order valence-corrected chi connectivity index (χ2v) is 12.4. The number of carbonyl (C=O) groups excluding carboxylic acids is 2. The van der Waals surface area contributed by atoms with Gasteiger partial charge in [0.25, 0.3) is 5.91 Å². The maximum absolute atomic E-state index is 13.1. The van der Waals surface area contributed by atoms with Gasteiger partial charge in [0.05, 0.1) is 6.04 Å². The number of nitrogens with one attached hydrogen (secondary N) is 1. The van der Waals surface area contributed by atoms with E-state index >= 15 is 0 Å². The summed E-state index contributed by atoms with van der Waals surface area (Å²) in [6.45, 7) is 3.57. The van der Waals surface area contributed by atoms with E-state index in [0.29, 0.717) is 29.5 Å². The van der Waals surface area contributed by atoms with Crippen LogP contribution in [0, 0.1) is 5.92 Å². The van der Waals surface area contributed by atoms with Gasteiger partial charge in [0, 0.05) is 24.4 Å². The summed E-state index contributed by atoms with van der Waals surface area (Å²) >= 11 is 1.25. The minimum absolute atomic E-state index is 0.0875. The lowest BCUT2D eigenvalue weighted by atomic mass is 9.86. The molecule has 0 radical (unpaired) electrons. The molecule has 4 fully saturated rings. The molecule has 3 aromatic rings. The van der Waals surface area contributed by atoms with Gasteiger partial charge >= 0.3 is 12.1 Å². The Hall–Kier alpha value is -4.02. The summed E-state index contributed by atoms with van der Waals surface area (Å²) < 4.78 is 12.1. The van der Waals surface area contributed by atoms with E-state index in [1.807, 2.05) is 60.7 Å². The molecule has 2 amide bonds. The molecule has 7 rings (SSSR count). The van der Waals surface area contributed by atoms with Gasteiger partial charge in [0.1, 0.15) is 18.5 Å². The number of benzene rings is 3. The lowest BCUT2D eigenvalue weighted by molar-refractivity contribution is -0.138. The molecule has 4 heterocycles. The number of carboxylic acid groups (broad SMARTS) is 1. The molecule has 3 aromatic carbocycles. The zero-order chi connectivity index (χ0) is 29.8. The molecule has 9 nitrogen and oxygen atoms in total. The van der Waals surface area contributed by atoms with E-state index < -0.39 is 23.5 Å². The highest BCUT2D eigenvalue weighted by Crippen LogP contribution is 2.31. The van der Waals surface area contributed by atoms with E-state index in [9.17, 15) is 19.5 Å². The number of hydrogen-bond donors (Lipinski definition) is 2. The highest BCUT2D eigenvalue weighted by Gasteiger charge is 2.37. The number of aliphatic carboxylic acids is 1. The second kappa shape index (κ2) is 13.1. The first-order valence-electron chi connectivity index (χ1n) is 14.7. The van der Waals surface area contributed by atoms with Gasteiger partial charge in [-0.3, -0.25) is 9.69 Å². The van der Waals surface area contributed by atoms with Crippen LogP contribution in [0.4, 0.5) is 4.79 Å². The zero-order valence-corrected chi connectivity index (χ0v) is 24.6. The number of rotatable bonds is 9. The molecule has 0 aromatic heterocycles. The summed E-state index contributed by atoms with van der Waals surface area (Å²) in [5.41, 5.74) is 2.99. The molecule has 224 valence electrons. The fourth-order valence-electron chi connectivity index (χ4n) is 6.13. The number of carbonyl (C=O) groups is 3. The molecular weight excluding hydrogens is 566 g/mol. The molecule has 2 bridgehead atoms. The molecule has 2 N–H and O–H groups in total. The Morgan fingerprint density at radius 1 is 0.930 bits per heavy atom. The Labute approximate surface area is 255 Å². The van der Waals surface area contributed by atoms with E-state index in [1.165, 1.54) is 16.7 Å². The number of carboxylic acids is 1. The van der Waals surface area contributed by atoms with Gasteiger partial charge in [-0.1, -0.05) is 54.6 Å². The Balaban J connectivity index is 1.14. The van der Waals surface area contributed by atoms with E-state index in [1.54, 1.807) is 18.2 Å². The van der Waals surface area contributed by atoms with Crippen molar-refractivity contribution in [2.24, 2.45) is 5.92 Å². The average molecular weight is 602 g/mol. The normalized spacial score (nSPS) is 23.4. The fraction of sp³-hybridized carbons (Fsp3) is 0.364. The molecule has 3 atom stereocenters. The SMILES string of the molecule is O=C(N[C@@H](c1ccccc1)c1cccc(OCc2cccc(C(=O)N3CCS[C@H]3C(=O)O)c2)c1)O[C@H]1CN2CCC1CC2. The van der Waals surface area contributed by atoms with Crippen LogP contribution in [-0.2, 0) is 16.1 Å². The van der Waals surface area contributed by atoms with Gasteiger partial charge in [-0.05, 0) is 72.8 Å². The lowest BCUT2D eigenvalue weighted by Crippen LogP contribution is -2.52. The van der Waals surface area contributed by atoms with Crippen molar-refractivity contribution in [1.82, 2.24) is 15.1 Å². The predicted molar refractivity (Wildman–Crippen MR) is 163 cm³/mol. The molecule has 0 saturated carbocycles. The standard InChI is InChI=1S/C33H35N3O6S/c37-30(36-16-17-43-31(36)32(38)39)26-10-4-6-22(18-26)21-41-27-11-5-9-25(19-27)29(24-7-2-1-3-8-24)34-33(40)42-28-20-35-14-12-23(28)13-15-35/h1-11,18-19,23,28-29,31H,12-17,20-21H2,(H,34,40)(H,38,39)/t28-,29-,31-/m0/s1. The summed E-state index contributed by atoms with van der Waals surface area (Å²) in [6.07, 6.45) is 1.62. The number of fused-ring (bicyclic) bond motifs is 3. The average Bonchev–Trinajstić information content (AvgIpc) is 3.54. The van der Waals surface area contributed by atoms with Gasteiger partial charge in [-0.15, -0.1) is 11.8 Å². The molecule has 43 heavy (non-hydrogen) atoms. The van der Waals surface area contributed by atoms with Crippen LogP contribution in [0.25, 0.3) is 0 Å². The Kier molecular flexibility index (Phi) is 8.85. The molecule has 0 aliphatic carbocycles. The van der Waals surface area contributed by atoms with E-state index in [0.717, 1.165) is 49.2 Å². The number of ether oxygens (including phenoxy) is 2. The second-order valence-electron chi connectivity index (χ2n) is 11.2. The summed E-state index contributed by atoms with van der Waals surface area (Å²) in [7, 11) is 0. The van der Waals surface area contributed by atoms with Crippen LogP contribution in [0.5, 0.6) is 5.75 Å². The molecular formula is C33H35N3O6S. The van der Waals surface area contributed by atoms with Crippen molar-refractivity contribution in [3.05, 3.63) is 101 Å². The zero-order valence-electron chi connectivity index (χ0n) is 23.8. The van der Waals surface area contributed by atoms with Crippen molar-refractivity contribution >= 4 is 29.7 Å². The number of alkyl carbamates (subject to hydrolysis) is 1. The molecule has 4 saturated heterocycles. The lowest BCUT2D eigenvalue weighted by Gasteiger charge is -2.43. The summed E-state index contributed by atoms with van der Waals surface area (Å²) in [5.74, 6) is 0.320. The first kappa shape index (κ1) is 29.1. The Bertz CT molecular complexity index is 1460. The predicted octanol–water partition coefficient (Wildman–Crippen LogP) is 4.78. The van der Waals surface area contributed by atoms with Crippen molar-refractivity contribution in [1.29, 1.82) is 0 Å². The van der Waals surface area contributed by atoms with Crippen molar-refractivity contribution < 1.29 is 29.0 Å². The Morgan fingerprint density at radius 3 is 2.44 bits per heavy atom. The van der Waals surface area contributed by atoms with E-state index in [-0.39, 0.29) is 18.6 Å². The maximum Gasteiger partial charge on any atom is 0.408 e. The van der Waals surface area contributed by atoms with Crippen molar-refractivity contribution in [3.8, 4) is 5.75 Å². The molecule has 0 spiro atoms. The van der Waals surface area contributed by atoms with Gasteiger partial charge in [-0.2, -0.15) is 0 Å². The van der Waals surface area contributed by atoms with Crippen molar-refractivity contribution in [2.45, 2.75) is 37.0 Å². The van der Waals surface area contributed by atoms with Crippen molar-refractivity contribution in [3.63, 3.8) is 0 Å². The first-order valence-corrected chi connectivity index (χ1v) is 15.7. The van der Waals surface area contributed by atoms with Gasteiger partial charge < -0.3 is 24.8 Å². The fourth-order valence-corrected chi connectivity index (χ4v) is 7.18. The quantitative estimate of drug-likeness (QED) is 0.361. The maximum atomic E-state index is 13.1. The Morgan fingerprint density at radius 2 is 1.70 bits per heavy atom. The molecule has 0 unspecified atom stereocenters. The van der Waals surface area contributed by atoms with E-state index in [2.05, 4.69) is 10.2 Å². The third-order valence-corrected chi connectivity index (χ3v) is 9.57. The van der Waals surface area contributed by atoms with Crippen LogP contribution in [0.1, 0.15) is 45.9 Å². The van der Waals surface area contributed by atoms with Crippen LogP contribution in [0.15, 0.2) is 78.9 Å². The first-order chi connectivity index (χ1) is 20.9. The third-order valence-electron chi connectivity index (χ3n) is 8.38. The van der Waals surface area contributed by atoms with Crippen LogP contribution < -0.4 is 10.1 Å².